The Balaban J connectivity index is 2.31. The second kappa shape index (κ2) is 4.40. The Bertz CT molecular complexity index is 480. The van der Waals surface area contributed by atoms with E-state index in [0.29, 0.717) is 18.1 Å². The monoisotopic (exact) mass is 218 g/mol. The van der Waals surface area contributed by atoms with Crippen molar-refractivity contribution in [3.8, 4) is 0 Å². The van der Waals surface area contributed by atoms with Crippen molar-refractivity contribution in [3.63, 3.8) is 0 Å². The molecule has 0 amide bonds. The summed E-state index contributed by atoms with van der Waals surface area (Å²) in [5.74, 6) is 1.11. The molecule has 0 bridgehead atoms. The maximum absolute atomic E-state index is 6.06. The van der Waals surface area contributed by atoms with Crippen LogP contribution in [0.2, 0.25) is 0 Å². The lowest BCUT2D eigenvalue weighted by Gasteiger charge is -2.09. The summed E-state index contributed by atoms with van der Waals surface area (Å²) >= 11 is 0. The van der Waals surface area contributed by atoms with Gasteiger partial charge in [0.25, 0.3) is 0 Å². The van der Waals surface area contributed by atoms with Crippen molar-refractivity contribution in [2.75, 3.05) is 0 Å². The van der Waals surface area contributed by atoms with Crippen molar-refractivity contribution in [1.29, 1.82) is 0 Å². The molecule has 0 fully saturated rings. The SMILES string of the molecule is CCc1nc(C(N)c2cnccc2C)no1. The van der Waals surface area contributed by atoms with Gasteiger partial charge in [-0.25, -0.2) is 0 Å². The van der Waals surface area contributed by atoms with Crippen molar-refractivity contribution >= 4 is 0 Å². The van der Waals surface area contributed by atoms with E-state index in [0.717, 1.165) is 11.1 Å². The first-order valence-electron chi connectivity index (χ1n) is 5.21. The second-order valence-electron chi connectivity index (χ2n) is 3.61. The molecule has 2 aromatic heterocycles. The molecule has 1 unspecified atom stereocenters. The highest BCUT2D eigenvalue weighted by Gasteiger charge is 2.17. The molecule has 0 aliphatic carbocycles. The Labute approximate surface area is 93.7 Å². The summed E-state index contributed by atoms with van der Waals surface area (Å²) in [5.41, 5.74) is 8.06. The number of pyridine rings is 1. The molecule has 5 nitrogen and oxygen atoms in total. The molecule has 0 spiro atoms. The average Bonchev–Trinajstić information content (AvgIpc) is 2.77. The van der Waals surface area contributed by atoms with Crippen LogP contribution in [0.5, 0.6) is 0 Å². The van der Waals surface area contributed by atoms with Gasteiger partial charge in [0.15, 0.2) is 5.82 Å². The molecule has 0 radical (unpaired) electrons. The fourth-order valence-electron chi connectivity index (χ4n) is 1.48. The zero-order chi connectivity index (χ0) is 11.5. The number of hydrogen-bond donors (Lipinski definition) is 1. The first-order valence-corrected chi connectivity index (χ1v) is 5.21. The van der Waals surface area contributed by atoms with Gasteiger partial charge in [-0.3, -0.25) is 4.98 Å². The predicted molar refractivity (Wildman–Crippen MR) is 58.7 cm³/mol. The minimum atomic E-state index is -0.377. The largest absolute Gasteiger partial charge is 0.339 e. The number of nitrogens with zero attached hydrogens (tertiary/aromatic N) is 3. The topological polar surface area (TPSA) is 77.8 Å². The molecule has 2 heterocycles. The van der Waals surface area contributed by atoms with E-state index < -0.39 is 0 Å². The quantitative estimate of drug-likeness (QED) is 0.842. The van der Waals surface area contributed by atoms with Gasteiger partial charge in [-0.05, 0) is 24.1 Å². The maximum Gasteiger partial charge on any atom is 0.226 e. The molecule has 0 saturated heterocycles. The van der Waals surface area contributed by atoms with Crippen molar-refractivity contribution < 1.29 is 4.52 Å². The first kappa shape index (κ1) is 10.8. The van der Waals surface area contributed by atoms with Gasteiger partial charge < -0.3 is 10.3 Å². The average molecular weight is 218 g/mol. The predicted octanol–water partition coefficient (Wildman–Crippen LogP) is 1.38. The lowest BCUT2D eigenvalue weighted by molar-refractivity contribution is 0.375. The summed E-state index contributed by atoms with van der Waals surface area (Å²) in [7, 11) is 0. The zero-order valence-corrected chi connectivity index (χ0v) is 9.34. The van der Waals surface area contributed by atoms with Crippen molar-refractivity contribution in [2.24, 2.45) is 5.73 Å². The molecule has 2 aromatic rings. The first-order chi connectivity index (χ1) is 7.72. The number of aryl methyl sites for hydroxylation is 2. The van der Waals surface area contributed by atoms with Crippen LogP contribution in [0.15, 0.2) is 23.0 Å². The van der Waals surface area contributed by atoms with Crippen molar-refractivity contribution in [2.45, 2.75) is 26.3 Å². The minimum Gasteiger partial charge on any atom is -0.339 e. The summed E-state index contributed by atoms with van der Waals surface area (Å²) in [6.45, 7) is 3.94. The van der Waals surface area contributed by atoms with E-state index in [-0.39, 0.29) is 6.04 Å². The number of hydrogen-bond acceptors (Lipinski definition) is 5. The van der Waals surface area contributed by atoms with Crippen LogP contribution in [-0.2, 0) is 6.42 Å². The van der Waals surface area contributed by atoms with Crippen LogP contribution in [0.4, 0.5) is 0 Å². The maximum atomic E-state index is 6.06. The molecule has 0 aromatic carbocycles. The van der Waals surface area contributed by atoms with E-state index in [2.05, 4.69) is 15.1 Å². The summed E-state index contributed by atoms with van der Waals surface area (Å²) in [6, 6.07) is 1.54. The van der Waals surface area contributed by atoms with Crippen LogP contribution < -0.4 is 5.73 Å². The summed E-state index contributed by atoms with van der Waals surface area (Å²) in [5, 5.41) is 3.87. The number of nitrogens with two attached hydrogens (primary N) is 1. The molecule has 2 N–H and O–H groups in total. The molecular weight excluding hydrogens is 204 g/mol. The highest BCUT2D eigenvalue weighted by atomic mass is 16.5. The minimum absolute atomic E-state index is 0.377. The van der Waals surface area contributed by atoms with Crippen LogP contribution in [0, 0.1) is 6.92 Å². The van der Waals surface area contributed by atoms with Crippen molar-refractivity contribution in [3.05, 3.63) is 41.3 Å². The van der Waals surface area contributed by atoms with E-state index in [9.17, 15) is 0 Å². The van der Waals surface area contributed by atoms with Gasteiger partial charge in [0.2, 0.25) is 5.89 Å². The Hall–Kier alpha value is -1.75. The van der Waals surface area contributed by atoms with Crippen LogP contribution in [0.3, 0.4) is 0 Å². The molecule has 0 saturated carbocycles. The lowest BCUT2D eigenvalue weighted by atomic mass is 10.0. The van der Waals surface area contributed by atoms with Gasteiger partial charge in [0.05, 0.1) is 6.04 Å². The third kappa shape index (κ3) is 1.94. The standard InChI is InChI=1S/C11H14N4O/c1-3-9-14-11(15-16-9)10(12)8-6-13-5-4-7(8)2/h4-6,10H,3,12H2,1-2H3. The Kier molecular flexibility index (Phi) is 2.96. The summed E-state index contributed by atoms with van der Waals surface area (Å²) in [6.07, 6.45) is 4.19. The van der Waals surface area contributed by atoms with Crippen LogP contribution >= 0.6 is 0 Å². The van der Waals surface area contributed by atoms with Gasteiger partial charge >= 0.3 is 0 Å². The summed E-state index contributed by atoms with van der Waals surface area (Å²) < 4.78 is 5.03. The fraction of sp³-hybridized carbons (Fsp3) is 0.364. The molecule has 1 atom stereocenters. The van der Waals surface area contributed by atoms with Crippen LogP contribution in [0.1, 0.15) is 35.8 Å². The summed E-state index contributed by atoms with van der Waals surface area (Å²) in [4.78, 5) is 8.27. The van der Waals surface area contributed by atoms with E-state index in [4.69, 9.17) is 10.3 Å². The van der Waals surface area contributed by atoms with Crippen LogP contribution in [0.25, 0.3) is 0 Å². The lowest BCUT2D eigenvalue weighted by Crippen LogP contribution is -2.15. The zero-order valence-electron chi connectivity index (χ0n) is 9.34. The Morgan fingerprint density at radius 1 is 1.50 bits per heavy atom. The van der Waals surface area contributed by atoms with E-state index in [1.54, 1.807) is 12.4 Å². The smallest absolute Gasteiger partial charge is 0.226 e. The molecular formula is C11H14N4O. The third-order valence-corrected chi connectivity index (χ3v) is 2.48. The molecule has 0 aliphatic heterocycles. The Morgan fingerprint density at radius 2 is 2.31 bits per heavy atom. The van der Waals surface area contributed by atoms with Gasteiger partial charge in [-0.2, -0.15) is 4.98 Å². The van der Waals surface area contributed by atoms with Gasteiger partial charge in [-0.15, -0.1) is 0 Å². The molecule has 0 aliphatic rings. The Morgan fingerprint density at radius 3 is 2.94 bits per heavy atom. The van der Waals surface area contributed by atoms with Crippen LogP contribution in [-0.4, -0.2) is 15.1 Å². The normalized spacial score (nSPS) is 12.7. The van der Waals surface area contributed by atoms with Gasteiger partial charge in [-0.1, -0.05) is 12.1 Å². The third-order valence-electron chi connectivity index (χ3n) is 2.48. The second-order valence-corrected chi connectivity index (χ2v) is 3.61. The fourth-order valence-corrected chi connectivity index (χ4v) is 1.48. The van der Waals surface area contributed by atoms with Gasteiger partial charge in [0, 0.05) is 18.8 Å². The van der Waals surface area contributed by atoms with E-state index in [1.165, 1.54) is 0 Å². The number of rotatable bonds is 3. The molecule has 5 heteroatoms. The number of aromatic nitrogens is 3. The van der Waals surface area contributed by atoms with E-state index >= 15 is 0 Å². The molecule has 2 rings (SSSR count). The van der Waals surface area contributed by atoms with Crippen molar-refractivity contribution in [1.82, 2.24) is 15.1 Å². The molecule has 84 valence electrons. The van der Waals surface area contributed by atoms with Gasteiger partial charge in [0.1, 0.15) is 0 Å². The van der Waals surface area contributed by atoms with E-state index in [1.807, 2.05) is 19.9 Å². The highest BCUT2D eigenvalue weighted by Crippen LogP contribution is 2.19. The molecule has 16 heavy (non-hydrogen) atoms. The highest BCUT2D eigenvalue weighted by molar-refractivity contribution is 5.28.